The maximum atomic E-state index is 13.7. The Morgan fingerprint density at radius 2 is 1.71 bits per heavy atom. The molecular formula is C28H26N2O4. The molecule has 1 unspecified atom stereocenters. The Kier molecular flexibility index (Phi) is 5.67. The minimum atomic E-state index is -0.553. The Balaban J connectivity index is 1.64. The highest BCUT2D eigenvalue weighted by molar-refractivity contribution is 5.99. The van der Waals surface area contributed by atoms with E-state index in [1.165, 1.54) is 0 Å². The maximum Gasteiger partial charge on any atom is 0.290 e. The van der Waals surface area contributed by atoms with E-state index in [9.17, 15) is 9.59 Å². The molecule has 4 aromatic rings. The van der Waals surface area contributed by atoms with Crippen LogP contribution in [0.25, 0.3) is 11.0 Å². The first kappa shape index (κ1) is 21.9. The lowest BCUT2D eigenvalue weighted by atomic mass is 9.98. The zero-order valence-corrected chi connectivity index (χ0v) is 19.4. The number of amides is 1. The van der Waals surface area contributed by atoms with E-state index in [1.54, 1.807) is 11.0 Å². The van der Waals surface area contributed by atoms with Gasteiger partial charge in [0.05, 0.1) is 17.0 Å². The van der Waals surface area contributed by atoms with Crippen molar-refractivity contribution in [3.63, 3.8) is 0 Å². The molecule has 172 valence electrons. The standard InChI is InChI=1S/C28H26N2O4/c1-18-12-13-23-22(16-18)26(31)24-25(30(15-14-29(2)3)28(32)27(24)34-23)19-8-7-11-21(17-19)33-20-9-5-4-6-10-20/h4-13,16-17,25H,14-15H2,1-3H3. The summed E-state index contributed by atoms with van der Waals surface area (Å²) in [5.41, 5.74) is 2.41. The van der Waals surface area contributed by atoms with Gasteiger partial charge in [-0.25, -0.2) is 0 Å². The first-order chi connectivity index (χ1) is 16.4. The van der Waals surface area contributed by atoms with Crippen molar-refractivity contribution < 1.29 is 13.9 Å². The maximum absolute atomic E-state index is 13.7. The Hall–Kier alpha value is -3.90. The van der Waals surface area contributed by atoms with E-state index in [0.29, 0.717) is 41.1 Å². The first-order valence-electron chi connectivity index (χ1n) is 11.3. The van der Waals surface area contributed by atoms with Crippen LogP contribution in [0.2, 0.25) is 0 Å². The molecule has 0 N–H and O–H groups in total. The number of carbonyl (C=O) groups excluding carboxylic acids is 1. The first-order valence-corrected chi connectivity index (χ1v) is 11.3. The lowest BCUT2D eigenvalue weighted by molar-refractivity contribution is 0.0716. The molecule has 0 spiro atoms. The number of nitrogens with zero attached hydrogens (tertiary/aromatic N) is 2. The molecule has 0 saturated carbocycles. The van der Waals surface area contributed by atoms with Crippen molar-refractivity contribution in [2.75, 3.05) is 27.2 Å². The molecule has 0 radical (unpaired) electrons. The molecule has 6 heteroatoms. The molecule has 1 aliphatic heterocycles. The number of ether oxygens (including phenoxy) is 1. The SMILES string of the molecule is Cc1ccc2oc3c(c(=O)c2c1)C(c1cccc(Oc2ccccc2)c1)N(CCN(C)C)C3=O. The lowest BCUT2D eigenvalue weighted by Gasteiger charge is -2.26. The number of hydrogen-bond acceptors (Lipinski definition) is 5. The molecule has 0 aliphatic carbocycles. The van der Waals surface area contributed by atoms with Crippen LogP contribution in [0, 0.1) is 6.92 Å². The van der Waals surface area contributed by atoms with Crippen LogP contribution in [0.1, 0.15) is 33.3 Å². The average Bonchev–Trinajstić information content (AvgIpc) is 3.11. The van der Waals surface area contributed by atoms with Gasteiger partial charge in [0.2, 0.25) is 5.76 Å². The van der Waals surface area contributed by atoms with Crippen molar-refractivity contribution in [2.24, 2.45) is 0 Å². The van der Waals surface area contributed by atoms with E-state index in [1.807, 2.05) is 92.6 Å². The molecule has 34 heavy (non-hydrogen) atoms. The van der Waals surface area contributed by atoms with Gasteiger partial charge < -0.3 is 19.0 Å². The summed E-state index contributed by atoms with van der Waals surface area (Å²) in [6.07, 6.45) is 0. The van der Waals surface area contributed by atoms with Gasteiger partial charge in [-0.05, 0) is 63.0 Å². The van der Waals surface area contributed by atoms with Gasteiger partial charge in [0.1, 0.15) is 17.1 Å². The van der Waals surface area contributed by atoms with Crippen LogP contribution >= 0.6 is 0 Å². The fourth-order valence-electron chi connectivity index (χ4n) is 4.39. The van der Waals surface area contributed by atoms with Gasteiger partial charge in [-0.1, -0.05) is 42.0 Å². The van der Waals surface area contributed by atoms with Crippen LogP contribution in [-0.4, -0.2) is 42.9 Å². The number of aryl methyl sites for hydroxylation is 1. The second-order valence-corrected chi connectivity index (χ2v) is 8.87. The summed E-state index contributed by atoms with van der Waals surface area (Å²) in [7, 11) is 3.91. The molecule has 5 rings (SSSR count). The van der Waals surface area contributed by atoms with Crippen molar-refractivity contribution in [3.05, 3.63) is 105 Å². The Bertz CT molecular complexity index is 1430. The molecule has 1 aliphatic rings. The minimum absolute atomic E-state index is 0.125. The summed E-state index contributed by atoms with van der Waals surface area (Å²) in [6, 6.07) is 22.0. The Morgan fingerprint density at radius 1 is 0.941 bits per heavy atom. The van der Waals surface area contributed by atoms with Crippen LogP contribution in [0.15, 0.2) is 82.0 Å². The zero-order chi connectivity index (χ0) is 23.8. The third kappa shape index (κ3) is 3.97. The normalized spacial score (nSPS) is 15.2. The molecule has 1 amide bonds. The number of para-hydroxylation sites is 1. The van der Waals surface area contributed by atoms with Crippen molar-refractivity contribution in [3.8, 4) is 11.5 Å². The molecular weight excluding hydrogens is 428 g/mol. The van der Waals surface area contributed by atoms with E-state index in [2.05, 4.69) is 0 Å². The van der Waals surface area contributed by atoms with Gasteiger partial charge in [0.25, 0.3) is 5.91 Å². The van der Waals surface area contributed by atoms with E-state index >= 15 is 0 Å². The summed E-state index contributed by atoms with van der Waals surface area (Å²) < 4.78 is 12.1. The number of likely N-dealkylation sites (N-methyl/N-ethyl adjacent to an activating group) is 1. The largest absolute Gasteiger partial charge is 0.457 e. The van der Waals surface area contributed by atoms with Crippen molar-refractivity contribution >= 4 is 16.9 Å². The third-order valence-electron chi connectivity index (χ3n) is 6.06. The second-order valence-electron chi connectivity index (χ2n) is 8.87. The number of fused-ring (bicyclic) bond motifs is 2. The van der Waals surface area contributed by atoms with Crippen LogP contribution in [0.5, 0.6) is 11.5 Å². The summed E-state index contributed by atoms with van der Waals surface area (Å²) in [6.45, 7) is 3.05. The third-order valence-corrected chi connectivity index (χ3v) is 6.06. The van der Waals surface area contributed by atoms with Crippen LogP contribution in [0.4, 0.5) is 0 Å². The lowest BCUT2D eigenvalue weighted by Crippen LogP contribution is -2.35. The van der Waals surface area contributed by atoms with Gasteiger partial charge in [-0.2, -0.15) is 0 Å². The predicted octanol–water partition coefficient (Wildman–Crippen LogP) is 5.00. The topological polar surface area (TPSA) is 63.0 Å². The van der Waals surface area contributed by atoms with Crippen molar-refractivity contribution in [1.82, 2.24) is 9.80 Å². The van der Waals surface area contributed by atoms with Crippen LogP contribution in [0.3, 0.4) is 0 Å². The number of rotatable bonds is 6. The number of benzene rings is 3. The summed E-state index contributed by atoms with van der Waals surface area (Å²) in [4.78, 5) is 30.9. The molecule has 3 aromatic carbocycles. The molecule has 0 bridgehead atoms. The van der Waals surface area contributed by atoms with Crippen molar-refractivity contribution in [2.45, 2.75) is 13.0 Å². The van der Waals surface area contributed by atoms with Crippen LogP contribution < -0.4 is 10.2 Å². The van der Waals surface area contributed by atoms with Gasteiger partial charge in [-0.15, -0.1) is 0 Å². The summed E-state index contributed by atoms with van der Waals surface area (Å²) in [5, 5.41) is 0.489. The summed E-state index contributed by atoms with van der Waals surface area (Å²) >= 11 is 0. The fraction of sp³-hybridized carbons (Fsp3) is 0.214. The van der Waals surface area contributed by atoms with Gasteiger partial charge in [-0.3, -0.25) is 9.59 Å². The predicted molar refractivity (Wildman–Crippen MR) is 132 cm³/mol. The Morgan fingerprint density at radius 3 is 2.47 bits per heavy atom. The van der Waals surface area contributed by atoms with E-state index < -0.39 is 6.04 Å². The van der Waals surface area contributed by atoms with E-state index in [4.69, 9.17) is 9.15 Å². The summed E-state index contributed by atoms with van der Waals surface area (Å²) in [5.74, 6) is 1.21. The molecule has 1 aromatic heterocycles. The zero-order valence-electron chi connectivity index (χ0n) is 19.4. The minimum Gasteiger partial charge on any atom is -0.457 e. The highest BCUT2D eigenvalue weighted by Crippen LogP contribution is 2.39. The molecule has 0 fully saturated rings. The highest BCUT2D eigenvalue weighted by Gasteiger charge is 2.42. The number of carbonyl (C=O) groups is 1. The molecule has 1 atom stereocenters. The van der Waals surface area contributed by atoms with Crippen LogP contribution in [-0.2, 0) is 0 Å². The molecule has 0 saturated heterocycles. The average molecular weight is 455 g/mol. The van der Waals surface area contributed by atoms with Gasteiger partial charge in [0, 0.05) is 13.1 Å². The Labute approximate surface area is 198 Å². The van der Waals surface area contributed by atoms with E-state index in [-0.39, 0.29) is 17.1 Å². The monoisotopic (exact) mass is 454 g/mol. The van der Waals surface area contributed by atoms with Gasteiger partial charge in [0.15, 0.2) is 5.43 Å². The van der Waals surface area contributed by atoms with E-state index in [0.717, 1.165) is 11.1 Å². The number of hydrogen-bond donors (Lipinski definition) is 0. The second kappa shape index (κ2) is 8.80. The van der Waals surface area contributed by atoms with Crippen molar-refractivity contribution in [1.29, 1.82) is 0 Å². The molecule has 2 heterocycles. The quantitative estimate of drug-likeness (QED) is 0.410. The highest BCUT2D eigenvalue weighted by atomic mass is 16.5. The van der Waals surface area contributed by atoms with Gasteiger partial charge >= 0.3 is 0 Å². The molecule has 6 nitrogen and oxygen atoms in total. The smallest absolute Gasteiger partial charge is 0.290 e. The fourth-order valence-corrected chi connectivity index (χ4v) is 4.39.